The molecule has 2 N–H and O–H groups in total. The highest BCUT2D eigenvalue weighted by molar-refractivity contribution is 5.66. The van der Waals surface area contributed by atoms with Gasteiger partial charge in [-0.3, -0.25) is 9.78 Å². The minimum atomic E-state index is -0.786. The second-order valence-corrected chi connectivity index (χ2v) is 4.83. The van der Waals surface area contributed by atoms with Crippen molar-refractivity contribution >= 4 is 11.8 Å². The molecule has 0 unspecified atom stereocenters. The fourth-order valence-electron chi connectivity index (χ4n) is 1.43. The normalized spacial score (nSPS) is 11.3. The van der Waals surface area contributed by atoms with Crippen LogP contribution in [0.1, 0.15) is 38.1 Å². The van der Waals surface area contributed by atoms with Crippen LogP contribution in [0.5, 0.6) is 0 Å². The van der Waals surface area contributed by atoms with E-state index in [9.17, 15) is 4.79 Å². The Hall–Kier alpha value is -1.65. The van der Waals surface area contributed by atoms with Crippen molar-refractivity contribution in [1.29, 1.82) is 0 Å². The average Bonchev–Trinajstić information content (AvgIpc) is 2.21. The van der Waals surface area contributed by atoms with Crippen molar-refractivity contribution in [1.82, 2.24) is 9.97 Å². The maximum Gasteiger partial charge on any atom is 0.303 e. The van der Waals surface area contributed by atoms with Crippen molar-refractivity contribution in [2.45, 2.75) is 46.1 Å². The van der Waals surface area contributed by atoms with E-state index in [2.05, 4.69) is 15.3 Å². The van der Waals surface area contributed by atoms with Crippen molar-refractivity contribution in [3.63, 3.8) is 0 Å². The molecule has 0 radical (unpaired) electrons. The summed E-state index contributed by atoms with van der Waals surface area (Å²) in [6.45, 7) is 7.71. The molecule has 5 heteroatoms. The second-order valence-electron chi connectivity index (χ2n) is 4.83. The minimum absolute atomic E-state index is 0.137. The number of rotatable bonds is 5. The summed E-state index contributed by atoms with van der Waals surface area (Å²) in [5.74, 6) is -0.102. The van der Waals surface area contributed by atoms with Gasteiger partial charge in [0.25, 0.3) is 0 Å². The van der Waals surface area contributed by atoms with Crippen LogP contribution >= 0.6 is 0 Å². The smallest absolute Gasteiger partial charge is 0.303 e. The first-order chi connectivity index (χ1) is 7.80. The molecule has 1 heterocycles. The lowest BCUT2D eigenvalue weighted by atomic mass is 9.98. The number of aromatic nitrogens is 2. The van der Waals surface area contributed by atoms with Gasteiger partial charge in [0.15, 0.2) is 0 Å². The van der Waals surface area contributed by atoms with E-state index >= 15 is 0 Å². The number of carboxylic acids is 1. The largest absolute Gasteiger partial charge is 0.481 e. The monoisotopic (exact) mass is 237 g/mol. The maximum absolute atomic E-state index is 10.5. The molecule has 1 aromatic heterocycles. The first-order valence-electron chi connectivity index (χ1n) is 5.60. The molecular weight excluding hydrogens is 218 g/mol. The zero-order chi connectivity index (χ0) is 13.1. The Bertz CT molecular complexity index is 416. The van der Waals surface area contributed by atoms with Gasteiger partial charge in [-0.25, -0.2) is 4.98 Å². The summed E-state index contributed by atoms with van der Waals surface area (Å²) in [6, 6.07) is 0. The Balaban J connectivity index is 2.68. The Morgan fingerprint density at radius 3 is 2.59 bits per heavy atom. The van der Waals surface area contributed by atoms with E-state index in [0.29, 0.717) is 12.2 Å². The third kappa shape index (κ3) is 4.38. The molecule has 0 atom stereocenters. The molecule has 0 bridgehead atoms. The molecule has 0 aliphatic carbocycles. The number of anilines is 1. The summed E-state index contributed by atoms with van der Waals surface area (Å²) in [5, 5.41) is 11.9. The zero-order valence-corrected chi connectivity index (χ0v) is 10.7. The summed E-state index contributed by atoms with van der Waals surface area (Å²) in [4.78, 5) is 19.1. The van der Waals surface area contributed by atoms with Crippen molar-refractivity contribution < 1.29 is 9.90 Å². The Labute approximate surface area is 101 Å². The number of nitrogens with zero attached hydrogens (tertiary/aromatic N) is 2. The predicted octanol–water partition coefficient (Wildman–Crippen LogP) is 2.15. The van der Waals surface area contributed by atoms with Crippen LogP contribution in [0, 0.1) is 13.8 Å². The molecule has 0 aliphatic heterocycles. The summed E-state index contributed by atoms with van der Waals surface area (Å²) in [5.41, 5.74) is 1.47. The zero-order valence-electron chi connectivity index (χ0n) is 10.7. The van der Waals surface area contributed by atoms with Crippen LogP contribution in [-0.4, -0.2) is 26.6 Å². The van der Waals surface area contributed by atoms with Crippen molar-refractivity contribution in [2.24, 2.45) is 0 Å². The molecule has 0 aliphatic rings. The van der Waals surface area contributed by atoms with E-state index in [0.717, 1.165) is 11.4 Å². The molecule has 0 saturated heterocycles. The topological polar surface area (TPSA) is 75.1 Å². The second kappa shape index (κ2) is 5.12. The predicted molar refractivity (Wildman–Crippen MR) is 66.1 cm³/mol. The van der Waals surface area contributed by atoms with Crippen molar-refractivity contribution in [3.05, 3.63) is 17.6 Å². The van der Waals surface area contributed by atoms with Gasteiger partial charge in [-0.05, 0) is 34.1 Å². The summed E-state index contributed by atoms with van der Waals surface area (Å²) in [7, 11) is 0. The van der Waals surface area contributed by atoms with E-state index in [1.165, 1.54) is 0 Å². The van der Waals surface area contributed by atoms with Gasteiger partial charge >= 0.3 is 5.97 Å². The number of aryl methyl sites for hydroxylation is 2. The SMILES string of the molecule is Cc1ncc(NC(C)(C)CCC(=O)O)nc1C. The highest BCUT2D eigenvalue weighted by atomic mass is 16.4. The van der Waals surface area contributed by atoms with Crippen LogP contribution in [0.25, 0.3) is 0 Å². The fraction of sp³-hybridized carbons (Fsp3) is 0.583. The summed E-state index contributed by atoms with van der Waals surface area (Å²) >= 11 is 0. The highest BCUT2D eigenvalue weighted by Crippen LogP contribution is 2.18. The molecule has 0 amide bonds. The van der Waals surface area contributed by atoms with E-state index in [4.69, 9.17) is 5.11 Å². The average molecular weight is 237 g/mol. The fourth-order valence-corrected chi connectivity index (χ4v) is 1.43. The molecule has 0 saturated carbocycles. The molecule has 5 nitrogen and oxygen atoms in total. The molecule has 0 aromatic carbocycles. The van der Waals surface area contributed by atoms with Gasteiger partial charge in [-0.15, -0.1) is 0 Å². The molecular formula is C12H19N3O2. The Morgan fingerprint density at radius 1 is 1.41 bits per heavy atom. The van der Waals surface area contributed by atoms with Gasteiger partial charge in [0, 0.05) is 12.0 Å². The van der Waals surface area contributed by atoms with Gasteiger partial charge in [-0.1, -0.05) is 0 Å². The number of nitrogens with one attached hydrogen (secondary N) is 1. The quantitative estimate of drug-likeness (QED) is 0.820. The van der Waals surface area contributed by atoms with Crippen LogP contribution in [0.4, 0.5) is 5.82 Å². The van der Waals surface area contributed by atoms with Crippen LogP contribution in [-0.2, 0) is 4.79 Å². The first-order valence-corrected chi connectivity index (χ1v) is 5.60. The summed E-state index contributed by atoms with van der Waals surface area (Å²) in [6.07, 6.45) is 2.35. The number of hydrogen-bond donors (Lipinski definition) is 2. The van der Waals surface area contributed by atoms with Crippen LogP contribution in [0.3, 0.4) is 0 Å². The lowest BCUT2D eigenvalue weighted by molar-refractivity contribution is -0.137. The van der Waals surface area contributed by atoms with E-state index in [1.807, 2.05) is 27.7 Å². The lowest BCUT2D eigenvalue weighted by Gasteiger charge is -2.26. The molecule has 17 heavy (non-hydrogen) atoms. The maximum atomic E-state index is 10.5. The number of carboxylic acid groups (broad SMARTS) is 1. The first kappa shape index (κ1) is 13.4. The van der Waals surface area contributed by atoms with Crippen molar-refractivity contribution in [2.75, 3.05) is 5.32 Å². The standard InChI is InChI=1S/C12H19N3O2/c1-8-9(2)14-10(7-13-8)15-12(3,4)6-5-11(16)17/h7H,5-6H2,1-4H3,(H,14,15)(H,16,17). The highest BCUT2D eigenvalue weighted by Gasteiger charge is 2.19. The van der Waals surface area contributed by atoms with Gasteiger partial charge in [-0.2, -0.15) is 0 Å². The minimum Gasteiger partial charge on any atom is -0.481 e. The van der Waals surface area contributed by atoms with Crippen LogP contribution in [0.15, 0.2) is 6.20 Å². The third-order valence-electron chi connectivity index (χ3n) is 2.62. The third-order valence-corrected chi connectivity index (χ3v) is 2.62. The number of aliphatic carboxylic acids is 1. The Morgan fingerprint density at radius 2 is 2.06 bits per heavy atom. The van der Waals surface area contributed by atoms with E-state index in [-0.39, 0.29) is 12.0 Å². The van der Waals surface area contributed by atoms with Gasteiger partial charge < -0.3 is 10.4 Å². The lowest BCUT2D eigenvalue weighted by Crippen LogP contribution is -2.32. The molecule has 1 aromatic rings. The van der Waals surface area contributed by atoms with Gasteiger partial charge in [0.05, 0.1) is 17.6 Å². The molecule has 1 rings (SSSR count). The van der Waals surface area contributed by atoms with Gasteiger partial charge in [0.1, 0.15) is 5.82 Å². The molecule has 0 spiro atoms. The molecule has 94 valence electrons. The van der Waals surface area contributed by atoms with Gasteiger partial charge in [0.2, 0.25) is 0 Å². The van der Waals surface area contributed by atoms with Crippen LogP contribution < -0.4 is 5.32 Å². The van der Waals surface area contributed by atoms with E-state index < -0.39 is 5.97 Å². The number of carbonyl (C=O) groups is 1. The molecule has 0 fully saturated rings. The van der Waals surface area contributed by atoms with Crippen LogP contribution in [0.2, 0.25) is 0 Å². The van der Waals surface area contributed by atoms with Crippen molar-refractivity contribution in [3.8, 4) is 0 Å². The Kier molecular flexibility index (Phi) is 4.04. The van der Waals surface area contributed by atoms with E-state index in [1.54, 1.807) is 6.20 Å². The summed E-state index contributed by atoms with van der Waals surface area (Å²) < 4.78 is 0. The number of hydrogen-bond acceptors (Lipinski definition) is 4.